The molecule has 1 aromatic rings. The summed E-state index contributed by atoms with van der Waals surface area (Å²) < 4.78 is 4.16. The van der Waals surface area contributed by atoms with E-state index < -0.39 is 4.33 Å². The number of alkyl halides is 2. The Hall–Kier alpha value is -0.730. The molecule has 0 spiro atoms. The summed E-state index contributed by atoms with van der Waals surface area (Å²) in [6, 6.07) is 0. The van der Waals surface area contributed by atoms with Gasteiger partial charge < -0.3 is 4.42 Å². The van der Waals surface area contributed by atoms with E-state index in [2.05, 4.69) is 11.1 Å². The van der Waals surface area contributed by atoms with Crippen molar-refractivity contribution in [3.8, 4) is 0 Å². The fourth-order valence-electron chi connectivity index (χ4n) is 1.16. The molecule has 0 bridgehead atoms. The summed E-state index contributed by atoms with van der Waals surface area (Å²) in [4.78, 5) is 3.80. The standard InChI is InChI=1S/C9H6Cl2NO/c10-9(11)4-2-1-3-7(9)8-5-12-6-13-8/h1,3,5-6H,4H2. The number of hydrogen-bond donors (Lipinski definition) is 0. The van der Waals surface area contributed by atoms with E-state index in [1.54, 1.807) is 18.3 Å². The normalized spacial score (nSPS) is 20.0. The zero-order valence-corrected chi connectivity index (χ0v) is 8.14. The highest BCUT2D eigenvalue weighted by Gasteiger charge is 2.32. The number of halogens is 2. The molecule has 1 heterocycles. The van der Waals surface area contributed by atoms with Gasteiger partial charge in [0.15, 0.2) is 16.5 Å². The van der Waals surface area contributed by atoms with E-state index in [-0.39, 0.29) is 0 Å². The van der Waals surface area contributed by atoms with Gasteiger partial charge in [0.05, 0.1) is 6.20 Å². The van der Waals surface area contributed by atoms with Crippen molar-refractivity contribution in [1.29, 1.82) is 0 Å². The van der Waals surface area contributed by atoms with Crippen LogP contribution in [0.3, 0.4) is 0 Å². The highest BCUT2D eigenvalue weighted by atomic mass is 35.5. The van der Waals surface area contributed by atoms with Gasteiger partial charge in [0.2, 0.25) is 0 Å². The van der Waals surface area contributed by atoms with E-state index in [1.165, 1.54) is 6.39 Å². The van der Waals surface area contributed by atoms with Gasteiger partial charge in [-0.05, 0) is 6.08 Å². The predicted octanol–water partition coefficient (Wildman–Crippen LogP) is 2.99. The minimum atomic E-state index is -0.950. The molecule has 13 heavy (non-hydrogen) atoms. The van der Waals surface area contributed by atoms with Crippen molar-refractivity contribution in [3.05, 3.63) is 36.6 Å². The van der Waals surface area contributed by atoms with E-state index in [9.17, 15) is 0 Å². The number of hydrogen-bond acceptors (Lipinski definition) is 2. The van der Waals surface area contributed by atoms with Crippen LogP contribution in [0.25, 0.3) is 5.57 Å². The topological polar surface area (TPSA) is 26.0 Å². The van der Waals surface area contributed by atoms with Crippen LogP contribution in [0.4, 0.5) is 0 Å². The monoisotopic (exact) mass is 214 g/mol. The molecule has 0 amide bonds. The van der Waals surface area contributed by atoms with Crippen molar-refractivity contribution in [1.82, 2.24) is 4.98 Å². The van der Waals surface area contributed by atoms with E-state index >= 15 is 0 Å². The second-order valence-electron chi connectivity index (χ2n) is 2.70. The number of allylic oxidation sites excluding steroid dienone is 4. The molecular formula is C9H6Cl2NO. The lowest BCUT2D eigenvalue weighted by Crippen LogP contribution is -2.16. The summed E-state index contributed by atoms with van der Waals surface area (Å²) in [6.45, 7) is 0. The van der Waals surface area contributed by atoms with E-state index in [0.717, 1.165) is 5.57 Å². The van der Waals surface area contributed by atoms with Crippen molar-refractivity contribution in [2.75, 3.05) is 0 Å². The Kier molecular flexibility index (Phi) is 2.18. The molecule has 1 aliphatic rings. The van der Waals surface area contributed by atoms with Gasteiger partial charge in [-0.2, -0.15) is 0 Å². The second kappa shape index (κ2) is 3.20. The van der Waals surface area contributed by atoms with Gasteiger partial charge >= 0.3 is 0 Å². The van der Waals surface area contributed by atoms with Crippen LogP contribution in [0.15, 0.2) is 29.2 Å². The van der Waals surface area contributed by atoms with Crippen molar-refractivity contribution in [2.24, 2.45) is 0 Å². The molecule has 0 N–H and O–H groups in total. The largest absolute Gasteiger partial charge is 0.444 e. The first kappa shape index (κ1) is 8.85. The summed E-state index contributed by atoms with van der Waals surface area (Å²) in [5.74, 6) is 0.600. The molecule has 1 aliphatic carbocycles. The summed E-state index contributed by atoms with van der Waals surface area (Å²) in [6.07, 6.45) is 9.90. The molecular weight excluding hydrogens is 209 g/mol. The lowest BCUT2D eigenvalue weighted by molar-refractivity contribution is 0.540. The van der Waals surface area contributed by atoms with Gasteiger partial charge in [0.1, 0.15) is 0 Å². The van der Waals surface area contributed by atoms with Crippen LogP contribution < -0.4 is 0 Å². The Bertz CT molecular complexity index is 352. The van der Waals surface area contributed by atoms with Gasteiger partial charge in [-0.3, -0.25) is 0 Å². The third kappa shape index (κ3) is 1.64. The number of oxazole rings is 1. The Morgan fingerprint density at radius 1 is 1.54 bits per heavy atom. The summed E-state index contributed by atoms with van der Waals surface area (Å²) in [7, 11) is 0. The minimum Gasteiger partial charge on any atom is -0.444 e. The fourth-order valence-corrected chi connectivity index (χ4v) is 1.62. The molecule has 0 fully saturated rings. The molecule has 0 atom stereocenters. The molecule has 0 aliphatic heterocycles. The third-order valence-corrected chi connectivity index (χ3v) is 2.46. The van der Waals surface area contributed by atoms with Gasteiger partial charge in [0, 0.05) is 12.0 Å². The molecule has 1 radical (unpaired) electrons. The number of nitrogens with zero attached hydrogens (tertiary/aromatic N) is 1. The maximum Gasteiger partial charge on any atom is 0.181 e. The van der Waals surface area contributed by atoms with Crippen LogP contribution in [0, 0.1) is 6.08 Å². The average molecular weight is 215 g/mol. The Labute approximate surface area is 85.9 Å². The van der Waals surface area contributed by atoms with E-state index in [4.69, 9.17) is 27.6 Å². The lowest BCUT2D eigenvalue weighted by Gasteiger charge is -2.21. The SMILES string of the molecule is ClC1(Cl)C[C]=CC=C1c1cnco1. The first-order valence-electron chi connectivity index (χ1n) is 3.74. The maximum atomic E-state index is 6.06. The number of rotatable bonds is 1. The highest BCUT2D eigenvalue weighted by Crippen LogP contribution is 2.41. The second-order valence-corrected chi connectivity index (χ2v) is 4.18. The van der Waals surface area contributed by atoms with Gasteiger partial charge in [-0.15, -0.1) is 0 Å². The zero-order valence-electron chi connectivity index (χ0n) is 6.63. The zero-order chi connectivity index (χ0) is 9.31. The predicted molar refractivity (Wildman–Crippen MR) is 51.3 cm³/mol. The summed E-state index contributed by atoms with van der Waals surface area (Å²) in [5, 5.41) is 0. The van der Waals surface area contributed by atoms with Crippen molar-refractivity contribution in [2.45, 2.75) is 10.8 Å². The van der Waals surface area contributed by atoms with Crippen molar-refractivity contribution in [3.63, 3.8) is 0 Å². The summed E-state index contributed by atoms with van der Waals surface area (Å²) >= 11 is 12.1. The maximum absolute atomic E-state index is 6.06. The molecule has 4 heteroatoms. The van der Waals surface area contributed by atoms with Crippen LogP contribution in [-0.4, -0.2) is 9.32 Å². The molecule has 67 valence electrons. The Balaban J connectivity index is 2.42. The first-order valence-corrected chi connectivity index (χ1v) is 4.50. The highest BCUT2D eigenvalue weighted by molar-refractivity contribution is 6.54. The molecule has 1 aromatic heterocycles. The minimum absolute atomic E-state index is 0.461. The van der Waals surface area contributed by atoms with Crippen LogP contribution in [-0.2, 0) is 0 Å². The van der Waals surface area contributed by atoms with Crippen LogP contribution >= 0.6 is 23.2 Å². The quantitative estimate of drug-likeness (QED) is 0.673. The fraction of sp³-hybridized carbons (Fsp3) is 0.222. The third-order valence-electron chi connectivity index (χ3n) is 1.78. The lowest BCUT2D eigenvalue weighted by atomic mass is 10.0. The van der Waals surface area contributed by atoms with Crippen molar-refractivity contribution < 1.29 is 4.42 Å². The molecule has 2 nitrogen and oxygen atoms in total. The van der Waals surface area contributed by atoms with Gasteiger partial charge in [-0.25, -0.2) is 4.98 Å². The van der Waals surface area contributed by atoms with E-state index in [1.807, 2.05) is 0 Å². The summed E-state index contributed by atoms with van der Waals surface area (Å²) in [5.41, 5.74) is 0.729. The number of aromatic nitrogens is 1. The molecule has 0 saturated heterocycles. The van der Waals surface area contributed by atoms with E-state index in [0.29, 0.717) is 12.2 Å². The molecule has 0 saturated carbocycles. The van der Waals surface area contributed by atoms with Gasteiger partial charge in [-0.1, -0.05) is 35.4 Å². The van der Waals surface area contributed by atoms with Gasteiger partial charge in [0.25, 0.3) is 0 Å². The van der Waals surface area contributed by atoms with Crippen LogP contribution in [0.5, 0.6) is 0 Å². The van der Waals surface area contributed by atoms with Crippen LogP contribution in [0.1, 0.15) is 12.2 Å². The Morgan fingerprint density at radius 2 is 2.38 bits per heavy atom. The molecule has 2 rings (SSSR count). The van der Waals surface area contributed by atoms with Crippen molar-refractivity contribution >= 4 is 28.8 Å². The molecule has 0 aromatic carbocycles. The Morgan fingerprint density at radius 3 is 3.00 bits per heavy atom. The first-order chi connectivity index (χ1) is 6.20. The average Bonchev–Trinajstić information content (AvgIpc) is 2.55. The smallest absolute Gasteiger partial charge is 0.181 e. The van der Waals surface area contributed by atoms with Crippen LogP contribution in [0.2, 0.25) is 0 Å². The molecule has 0 unspecified atom stereocenters.